The first-order chi connectivity index (χ1) is 33.7. The summed E-state index contributed by atoms with van der Waals surface area (Å²) in [6, 6.07) is 44.3. The molecule has 4 aliphatic rings. The minimum atomic E-state index is -0.178. The summed E-state index contributed by atoms with van der Waals surface area (Å²) < 4.78 is 16.9. The molecular weight excluding hydrogens is 884 g/mol. The Labute approximate surface area is 422 Å². The van der Waals surface area contributed by atoms with Crippen molar-refractivity contribution in [3.63, 3.8) is 0 Å². The van der Waals surface area contributed by atoms with Crippen LogP contribution in [-0.2, 0) is 27.1 Å². The minimum absolute atomic E-state index is 0.00656. The Morgan fingerprint density at radius 2 is 1.08 bits per heavy atom. The summed E-state index contributed by atoms with van der Waals surface area (Å²) in [7, 11) is 0. The summed E-state index contributed by atoms with van der Waals surface area (Å²) in [6.45, 7) is 28.8. The zero-order valence-electron chi connectivity index (χ0n) is 43.5. The molecule has 0 saturated heterocycles. The number of rotatable bonds is 2. The molecule has 2 aliphatic carbocycles. The van der Waals surface area contributed by atoms with Crippen molar-refractivity contribution in [2.75, 3.05) is 9.71 Å². The second-order valence-electron chi connectivity index (χ2n) is 25.5. The summed E-state index contributed by atoms with van der Waals surface area (Å²) in [6.07, 6.45) is 4.64. The quantitative estimate of drug-likeness (QED) is 0.162. The Morgan fingerprint density at radius 1 is 0.521 bits per heavy atom. The lowest BCUT2D eigenvalue weighted by atomic mass is 9.46. The number of hydrogen-bond acceptors (Lipinski definition) is 5. The highest BCUT2D eigenvalue weighted by Gasteiger charge is 2.50. The fourth-order valence-corrected chi connectivity index (χ4v) is 14.9. The zero-order chi connectivity index (χ0) is 49.1. The van der Waals surface area contributed by atoms with Gasteiger partial charge in [0, 0.05) is 65.1 Å². The topological polar surface area (TPSA) is 32.8 Å². The molecule has 0 fully saturated rings. The third kappa shape index (κ3) is 5.98. The summed E-state index contributed by atoms with van der Waals surface area (Å²) in [5.41, 5.74) is 22.1. The van der Waals surface area contributed by atoms with Crippen LogP contribution >= 0.6 is 11.3 Å². The number of fused-ring (bicyclic) bond motifs is 15. The van der Waals surface area contributed by atoms with E-state index in [1.54, 1.807) is 0 Å². The fourth-order valence-electron chi connectivity index (χ4n) is 13.6. The molecule has 0 bridgehead atoms. The highest BCUT2D eigenvalue weighted by molar-refractivity contribution is 7.32. The highest BCUT2D eigenvalue weighted by Crippen LogP contribution is 2.58. The number of benzene rings is 7. The molecule has 2 aliphatic heterocycles. The van der Waals surface area contributed by atoms with Crippen LogP contribution in [0.3, 0.4) is 0 Å². The highest BCUT2D eigenvalue weighted by atomic mass is 32.1. The number of anilines is 5. The van der Waals surface area contributed by atoms with Crippen molar-refractivity contribution >= 4 is 111 Å². The van der Waals surface area contributed by atoms with Crippen molar-refractivity contribution < 1.29 is 8.83 Å². The van der Waals surface area contributed by atoms with E-state index in [0.29, 0.717) is 0 Å². The molecule has 0 amide bonds. The van der Waals surface area contributed by atoms with Gasteiger partial charge in [-0.15, -0.1) is 11.3 Å². The SMILES string of the molecule is Cc1cc2c(cc1N1c3c(sc4cc5c(cc34)C(C)(C)CCC5(C)C)B3c4c(cc5c(oc6ccccc65)c41)-c1cc4c(cc1N3c1ccc(C(C)(C)C)cc1)oc1ccccc14)C(C)(C)CCC2(C)C. The summed E-state index contributed by atoms with van der Waals surface area (Å²) in [5.74, 6) is 0. The van der Waals surface area contributed by atoms with Gasteiger partial charge in [-0.3, -0.25) is 0 Å². The lowest BCUT2D eigenvalue weighted by molar-refractivity contribution is 0.332. The Hall–Kier alpha value is -6.24. The molecule has 0 spiro atoms. The van der Waals surface area contributed by atoms with Gasteiger partial charge in [-0.2, -0.15) is 0 Å². The first-order valence-corrected chi connectivity index (χ1v) is 26.9. The lowest BCUT2D eigenvalue weighted by Gasteiger charge is -2.46. The Balaban J connectivity index is 1.19. The van der Waals surface area contributed by atoms with Gasteiger partial charge in [-0.05, 0) is 159 Å². The van der Waals surface area contributed by atoms with E-state index in [1.807, 2.05) is 11.3 Å². The van der Waals surface area contributed by atoms with Crippen LogP contribution in [0.1, 0.15) is 135 Å². The van der Waals surface area contributed by atoms with Gasteiger partial charge in [0.1, 0.15) is 16.7 Å². The van der Waals surface area contributed by atoms with Crippen LogP contribution in [0.15, 0.2) is 124 Å². The van der Waals surface area contributed by atoms with Gasteiger partial charge in [-0.1, -0.05) is 131 Å². The Morgan fingerprint density at radius 3 is 1.73 bits per heavy atom. The predicted octanol–water partition coefficient (Wildman–Crippen LogP) is 17.7. The van der Waals surface area contributed by atoms with Crippen molar-refractivity contribution in [2.45, 2.75) is 136 Å². The van der Waals surface area contributed by atoms with Crippen LogP contribution in [0.4, 0.5) is 28.4 Å². The molecule has 4 nitrogen and oxygen atoms in total. The van der Waals surface area contributed by atoms with Gasteiger partial charge in [0.15, 0.2) is 5.58 Å². The van der Waals surface area contributed by atoms with Crippen LogP contribution in [0.25, 0.3) is 65.1 Å². The van der Waals surface area contributed by atoms with E-state index < -0.39 is 0 Å². The second-order valence-corrected chi connectivity index (χ2v) is 26.5. The first kappa shape index (κ1) is 43.5. The van der Waals surface area contributed by atoms with Gasteiger partial charge in [0.05, 0.1) is 11.4 Å². The lowest BCUT2D eigenvalue weighted by Crippen LogP contribution is -2.60. The second kappa shape index (κ2) is 14.0. The van der Waals surface area contributed by atoms with Gasteiger partial charge in [0.2, 0.25) is 0 Å². The van der Waals surface area contributed by atoms with Gasteiger partial charge >= 0.3 is 6.85 Å². The van der Waals surface area contributed by atoms with Crippen LogP contribution in [-0.4, -0.2) is 6.85 Å². The monoisotopic (exact) mass is 946 g/mol. The molecule has 0 unspecified atom stereocenters. The van der Waals surface area contributed by atoms with E-state index in [-0.39, 0.29) is 33.9 Å². The van der Waals surface area contributed by atoms with Crippen LogP contribution in [0.2, 0.25) is 0 Å². The molecule has 71 heavy (non-hydrogen) atoms. The van der Waals surface area contributed by atoms with Crippen LogP contribution < -0.4 is 20.0 Å². The number of nitrogens with zero attached hydrogens (tertiary/aromatic N) is 2. The molecule has 7 aromatic carbocycles. The van der Waals surface area contributed by atoms with Crippen molar-refractivity contribution in [1.82, 2.24) is 0 Å². The van der Waals surface area contributed by atoms with E-state index in [4.69, 9.17) is 8.83 Å². The molecule has 6 heteroatoms. The van der Waals surface area contributed by atoms with Crippen molar-refractivity contribution in [3.8, 4) is 11.1 Å². The average Bonchev–Trinajstić information content (AvgIpc) is 4.02. The van der Waals surface area contributed by atoms with E-state index in [9.17, 15) is 0 Å². The maximum absolute atomic E-state index is 7.38. The molecule has 354 valence electrons. The van der Waals surface area contributed by atoms with E-state index >= 15 is 0 Å². The standard InChI is InChI=1S/C65H63BN2O2S/c1-36-29-46-48(64(9,10)27-25-62(46,5)6)33-50(36)67-57-45-32-47-49(65(11,12)28-26-63(47,7)8)34-55(45)71-60(57)66-56-43(31-44-40-18-14-16-20-53(40)70-59(44)58(56)67)41-30-42-39-17-13-15-19-52(39)69-54(42)35-51(41)68(66)38-23-21-37(22-24-38)61(2,3)4/h13-24,29-35H,25-28H2,1-12H3. The summed E-state index contributed by atoms with van der Waals surface area (Å²) in [5, 5.41) is 5.88. The van der Waals surface area contributed by atoms with Crippen LogP contribution in [0, 0.1) is 6.92 Å². The molecule has 0 radical (unpaired) electrons. The molecule has 0 atom stereocenters. The van der Waals surface area contributed by atoms with E-state index in [2.05, 4.69) is 208 Å². The zero-order valence-corrected chi connectivity index (χ0v) is 44.3. The minimum Gasteiger partial charge on any atom is -0.456 e. The first-order valence-electron chi connectivity index (χ1n) is 26.1. The van der Waals surface area contributed by atoms with Gasteiger partial charge < -0.3 is 18.5 Å². The predicted molar refractivity (Wildman–Crippen MR) is 304 cm³/mol. The van der Waals surface area contributed by atoms with Gasteiger partial charge in [0.25, 0.3) is 0 Å². The van der Waals surface area contributed by atoms with Crippen molar-refractivity contribution in [1.29, 1.82) is 0 Å². The fraction of sp³-hybridized carbons (Fsp3) is 0.323. The molecule has 3 aromatic heterocycles. The largest absolute Gasteiger partial charge is 0.456 e. The van der Waals surface area contributed by atoms with E-state index in [0.717, 1.165) is 73.8 Å². The normalized spacial score (nSPS) is 18.3. The van der Waals surface area contributed by atoms with E-state index in [1.165, 1.54) is 89.0 Å². The maximum Gasteiger partial charge on any atom is 0.343 e. The molecule has 5 heterocycles. The molecular formula is C65H63BN2O2S. The third-order valence-electron chi connectivity index (χ3n) is 18.0. The maximum atomic E-state index is 7.38. The number of thiophene rings is 1. The third-order valence-corrected chi connectivity index (χ3v) is 19.2. The smallest absolute Gasteiger partial charge is 0.343 e. The Kier molecular flexibility index (Phi) is 8.61. The summed E-state index contributed by atoms with van der Waals surface area (Å²) in [4.78, 5) is 5.38. The molecule has 0 N–H and O–H groups in total. The average molecular weight is 947 g/mol. The van der Waals surface area contributed by atoms with Gasteiger partial charge in [-0.25, -0.2) is 0 Å². The number of hydrogen-bond donors (Lipinski definition) is 0. The molecule has 10 aromatic rings. The summed E-state index contributed by atoms with van der Waals surface area (Å²) >= 11 is 2.01. The number of furan rings is 2. The van der Waals surface area contributed by atoms with Crippen LogP contribution in [0.5, 0.6) is 0 Å². The molecule has 0 saturated carbocycles. The number of aryl methyl sites for hydroxylation is 1. The number of para-hydroxylation sites is 2. The van der Waals surface area contributed by atoms with Crippen molar-refractivity contribution in [2.24, 2.45) is 0 Å². The molecule has 14 rings (SSSR count). The Bertz CT molecular complexity index is 3960. The van der Waals surface area contributed by atoms with Crippen molar-refractivity contribution in [3.05, 3.63) is 149 Å².